The molecule has 1 radical (unpaired) electrons. The van der Waals surface area contributed by atoms with E-state index in [1.165, 1.54) is 17.7 Å². The Hall–Kier alpha value is -2.30. The standard InChI is InChI=1S/C17H15F3NO/c1-2-13-4-3-5-15(10-13)11-21-22-12-14-6-8-16(9-7-14)17(18,19)20/h3-10H,2,12H2,1H3. The van der Waals surface area contributed by atoms with E-state index in [2.05, 4.69) is 18.3 Å². The minimum Gasteiger partial charge on any atom is -0.390 e. The van der Waals surface area contributed by atoms with E-state index >= 15 is 0 Å². The first-order chi connectivity index (χ1) is 10.5. The lowest BCUT2D eigenvalue weighted by Crippen LogP contribution is -2.04. The van der Waals surface area contributed by atoms with Crippen LogP contribution >= 0.6 is 0 Å². The van der Waals surface area contributed by atoms with E-state index in [1.54, 1.807) is 0 Å². The Bertz CT molecular complexity index is 633. The molecule has 0 bridgehead atoms. The zero-order valence-corrected chi connectivity index (χ0v) is 12.0. The van der Waals surface area contributed by atoms with Gasteiger partial charge >= 0.3 is 6.18 Å². The fourth-order valence-electron chi connectivity index (χ4n) is 1.84. The molecule has 5 heteroatoms. The normalized spacial score (nSPS) is 11.8. The second-order valence-electron chi connectivity index (χ2n) is 4.73. The number of halogens is 3. The van der Waals surface area contributed by atoms with Crippen molar-refractivity contribution < 1.29 is 18.0 Å². The van der Waals surface area contributed by atoms with Gasteiger partial charge in [0.25, 0.3) is 0 Å². The van der Waals surface area contributed by atoms with Gasteiger partial charge in [-0.2, -0.15) is 13.2 Å². The Morgan fingerprint density at radius 3 is 2.41 bits per heavy atom. The largest absolute Gasteiger partial charge is 0.416 e. The fourth-order valence-corrected chi connectivity index (χ4v) is 1.84. The van der Waals surface area contributed by atoms with Crippen molar-refractivity contribution >= 4 is 6.21 Å². The SMILES string of the molecule is CCc1cccc(/[C]=N\OCc2ccc(C(F)(F)F)cc2)c1. The van der Waals surface area contributed by atoms with Gasteiger partial charge in [0, 0.05) is 5.56 Å². The van der Waals surface area contributed by atoms with Crippen molar-refractivity contribution in [1.29, 1.82) is 0 Å². The average molecular weight is 306 g/mol. The van der Waals surface area contributed by atoms with E-state index in [0.717, 1.165) is 24.1 Å². The van der Waals surface area contributed by atoms with E-state index in [4.69, 9.17) is 4.84 Å². The quantitative estimate of drug-likeness (QED) is 0.580. The molecule has 2 aromatic rings. The maximum atomic E-state index is 12.4. The second-order valence-corrected chi connectivity index (χ2v) is 4.73. The maximum absolute atomic E-state index is 12.4. The molecule has 0 fully saturated rings. The van der Waals surface area contributed by atoms with Crippen molar-refractivity contribution in [3.63, 3.8) is 0 Å². The number of hydrogen-bond donors (Lipinski definition) is 0. The Kier molecular flexibility index (Phi) is 5.20. The van der Waals surface area contributed by atoms with Crippen molar-refractivity contribution in [2.75, 3.05) is 0 Å². The smallest absolute Gasteiger partial charge is 0.390 e. The molecule has 22 heavy (non-hydrogen) atoms. The minimum atomic E-state index is -4.32. The average Bonchev–Trinajstić information content (AvgIpc) is 2.51. The molecule has 0 spiro atoms. The predicted octanol–water partition coefficient (Wildman–Crippen LogP) is 4.70. The summed E-state index contributed by atoms with van der Waals surface area (Å²) in [6.07, 6.45) is -0.657. The molecule has 0 saturated heterocycles. The van der Waals surface area contributed by atoms with Gasteiger partial charge in [-0.15, -0.1) is 0 Å². The Labute approximate surface area is 127 Å². The van der Waals surface area contributed by atoms with Crippen LogP contribution in [0, 0.1) is 0 Å². The van der Waals surface area contributed by atoms with Crippen molar-refractivity contribution in [2.45, 2.75) is 26.1 Å². The van der Waals surface area contributed by atoms with Crippen molar-refractivity contribution in [3.8, 4) is 0 Å². The molecule has 0 N–H and O–H groups in total. The zero-order valence-electron chi connectivity index (χ0n) is 12.0. The van der Waals surface area contributed by atoms with E-state index < -0.39 is 11.7 Å². The number of aryl methyl sites for hydroxylation is 1. The van der Waals surface area contributed by atoms with Crippen LogP contribution in [0.3, 0.4) is 0 Å². The first-order valence-electron chi connectivity index (χ1n) is 6.82. The van der Waals surface area contributed by atoms with Crippen LogP contribution in [0.4, 0.5) is 13.2 Å². The summed E-state index contributed by atoms with van der Waals surface area (Å²) in [6, 6.07) is 12.5. The van der Waals surface area contributed by atoms with Crippen LogP contribution in [-0.2, 0) is 24.0 Å². The van der Waals surface area contributed by atoms with Crippen molar-refractivity contribution in [2.24, 2.45) is 5.16 Å². The highest BCUT2D eigenvalue weighted by Crippen LogP contribution is 2.29. The number of hydrogen-bond acceptors (Lipinski definition) is 2. The third kappa shape index (κ3) is 4.62. The lowest BCUT2D eigenvalue weighted by molar-refractivity contribution is -0.137. The number of alkyl halides is 3. The van der Waals surface area contributed by atoms with E-state index in [9.17, 15) is 13.2 Å². The van der Waals surface area contributed by atoms with Crippen LogP contribution in [0.15, 0.2) is 53.7 Å². The third-order valence-electron chi connectivity index (χ3n) is 3.09. The van der Waals surface area contributed by atoms with Crippen LogP contribution in [0.25, 0.3) is 0 Å². The molecule has 2 nitrogen and oxygen atoms in total. The zero-order chi connectivity index (χ0) is 16.0. The summed E-state index contributed by atoms with van der Waals surface area (Å²) in [7, 11) is 0. The lowest BCUT2D eigenvalue weighted by atomic mass is 10.1. The Morgan fingerprint density at radius 1 is 1.05 bits per heavy atom. The van der Waals surface area contributed by atoms with Crippen LogP contribution in [0.2, 0.25) is 0 Å². The maximum Gasteiger partial charge on any atom is 0.416 e. The summed E-state index contributed by atoms with van der Waals surface area (Å²) in [5, 5.41) is 3.71. The van der Waals surface area contributed by atoms with Gasteiger partial charge in [-0.05, 0) is 35.7 Å². The first kappa shape index (κ1) is 16.1. The molecular formula is C17H15F3NO. The summed E-state index contributed by atoms with van der Waals surface area (Å²) in [6.45, 7) is 2.15. The molecule has 0 aliphatic carbocycles. The third-order valence-corrected chi connectivity index (χ3v) is 3.09. The van der Waals surface area contributed by atoms with Gasteiger partial charge < -0.3 is 4.84 Å². The summed E-state index contributed by atoms with van der Waals surface area (Å²) in [5.74, 6) is 0. The number of benzene rings is 2. The van der Waals surface area contributed by atoms with Gasteiger partial charge in [0.15, 0.2) is 0 Å². The van der Waals surface area contributed by atoms with Gasteiger partial charge in [-0.25, -0.2) is 0 Å². The molecule has 0 saturated carbocycles. The molecule has 0 amide bonds. The first-order valence-corrected chi connectivity index (χ1v) is 6.82. The highest BCUT2D eigenvalue weighted by atomic mass is 19.4. The van der Waals surface area contributed by atoms with E-state index in [-0.39, 0.29) is 6.61 Å². The van der Waals surface area contributed by atoms with Crippen LogP contribution in [0.1, 0.15) is 29.2 Å². The highest BCUT2D eigenvalue weighted by Gasteiger charge is 2.29. The Balaban J connectivity index is 1.89. The Morgan fingerprint density at radius 2 is 1.77 bits per heavy atom. The molecule has 0 heterocycles. The van der Waals surface area contributed by atoms with Gasteiger partial charge in [0.05, 0.1) is 5.56 Å². The minimum absolute atomic E-state index is 0.0958. The van der Waals surface area contributed by atoms with Gasteiger partial charge in [-0.3, -0.25) is 0 Å². The van der Waals surface area contributed by atoms with Crippen LogP contribution in [0.5, 0.6) is 0 Å². The number of nitrogens with zero attached hydrogens (tertiary/aromatic N) is 1. The van der Waals surface area contributed by atoms with Crippen LogP contribution in [-0.4, -0.2) is 6.21 Å². The molecule has 0 aliphatic heterocycles. The fraction of sp³-hybridized carbons (Fsp3) is 0.235. The molecule has 0 aliphatic rings. The van der Waals surface area contributed by atoms with Gasteiger partial charge in [-0.1, -0.05) is 42.4 Å². The van der Waals surface area contributed by atoms with Crippen molar-refractivity contribution in [1.82, 2.24) is 0 Å². The predicted molar refractivity (Wildman–Crippen MR) is 78.6 cm³/mol. The van der Waals surface area contributed by atoms with E-state index in [1.807, 2.05) is 24.3 Å². The molecular weight excluding hydrogens is 291 g/mol. The highest BCUT2D eigenvalue weighted by molar-refractivity contribution is 5.79. The summed E-state index contributed by atoms with van der Waals surface area (Å²) in [4.78, 5) is 5.06. The van der Waals surface area contributed by atoms with Crippen molar-refractivity contribution in [3.05, 3.63) is 70.8 Å². The molecule has 0 aromatic heterocycles. The summed E-state index contributed by atoms with van der Waals surface area (Å²) in [5.41, 5.74) is 1.90. The van der Waals surface area contributed by atoms with Gasteiger partial charge in [0.1, 0.15) is 12.8 Å². The molecule has 115 valence electrons. The van der Waals surface area contributed by atoms with E-state index in [0.29, 0.717) is 5.56 Å². The summed E-state index contributed by atoms with van der Waals surface area (Å²) < 4.78 is 37.2. The molecule has 2 aromatic carbocycles. The number of rotatable bonds is 5. The van der Waals surface area contributed by atoms with Crippen LogP contribution < -0.4 is 0 Å². The lowest BCUT2D eigenvalue weighted by Gasteiger charge is -2.06. The molecule has 2 rings (SSSR count). The second kappa shape index (κ2) is 7.11. The van der Waals surface area contributed by atoms with Gasteiger partial charge in [0.2, 0.25) is 0 Å². The topological polar surface area (TPSA) is 21.6 Å². The monoisotopic (exact) mass is 306 g/mol. The summed E-state index contributed by atoms with van der Waals surface area (Å²) >= 11 is 0. The molecule has 0 atom stereocenters. The molecule has 0 unspecified atom stereocenters.